The Hall–Kier alpha value is -3.66. The van der Waals surface area contributed by atoms with Gasteiger partial charge in [-0.3, -0.25) is 9.47 Å². The maximum absolute atomic E-state index is 14.3. The number of aromatic nitrogens is 1. The lowest BCUT2D eigenvalue weighted by atomic mass is 9.58. The van der Waals surface area contributed by atoms with E-state index in [-0.39, 0.29) is 18.9 Å². The summed E-state index contributed by atoms with van der Waals surface area (Å²) < 4.78 is 46.8. The molecular formula is C35H43F2N3O5. The smallest absolute Gasteiger partial charge is 0.419 e. The molecule has 2 aromatic carbocycles. The van der Waals surface area contributed by atoms with E-state index in [1.807, 2.05) is 52.0 Å². The highest BCUT2D eigenvalue weighted by molar-refractivity contribution is 5.95. The monoisotopic (exact) mass is 623 g/mol. The molecule has 3 heterocycles. The van der Waals surface area contributed by atoms with Gasteiger partial charge in [0, 0.05) is 61.4 Å². The summed E-state index contributed by atoms with van der Waals surface area (Å²) in [6.45, 7) is 10.3. The topological polar surface area (TPSA) is 73.2 Å². The van der Waals surface area contributed by atoms with Crippen LogP contribution in [0.25, 0.3) is 10.9 Å². The van der Waals surface area contributed by atoms with E-state index in [0.717, 1.165) is 52.8 Å². The lowest BCUT2D eigenvalue weighted by Crippen LogP contribution is -2.53. The number of fused-ring (bicyclic) bond motifs is 1. The minimum Gasteiger partial charge on any atom is -0.496 e. The molecule has 3 aromatic rings. The minimum absolute atomic E-state index is 0.0968. The van der Waals surface area contributed by atoms with Crippen molar-refractivity contribution in [2.75, 3.05) is 38.8 Å². The number of hydrogen-bond donors (Lipinski definition) is 0. The van der Waals surface area contributed by atoms with E-state index in [1.54, 1.807) is 23.9 Å². The number of halogens is 2. The summed E-state index contributed by atoms with van der Waals surface area (Å²) >= 11 is 0. The predicted octanol–water partition coefficient (Wildman–Crippen LogP) is 7.49. The van der Waals surface area contributed by atoms with Gasteiger partial charge in [0.1, 0.15) is 11.4 Å². The van der Waals surface area contributed by atoms with Crippen molar-refractivity contribution in [3.05, 3.63) is 58.8 Å². The Morgan fingerprint density at radius 2 is 1.78 bits per heavy atom. The van der Waals surface area contributed by atoms with E-state index in [2.05, 4.69) is 9.80 Å². The molecule has 0 bridgehead atoms. The Bertz CT molecular complexity index is 1630. The molecule has 1 spiro atoms. The largest absolute Gasteiger partial charge is 0.496 e. The van der Waals surface area contributed by atoms with Gasteiger partial charge in [-0.15, -0.1) is 0 Å². The highest BCUT2D eigenvalue weighted by Crippen LogP contribution is 2.61. The van der Waals surface area contributed by atoms with Gasteiger partial charge in [-0.1, -0.05) is 6.07 Å². The van der Waals surface area contributed by atoms with Gasteiger partial charge in [-0.25, -0.2) is 18.4 Å². The normalized spacial score (nSPS) is 20.9. The Morgan fingerprint density at radius 1 is 1.04 bits per heavy atom. The third-order valence-electron chi connectivity index (χ3n) is 9.67. The molecule has 1 atom stereocenters. The fraction of sp³-hybridized carbons (Fsp3) is 0.543. The van der Waals surface area contributed by atoms with E-state index in [1.165, 1.54) is 7.11 Å². The van der Waals surface area contributed by atoms with Crippen molar-refractivity contribution < 1.29 is 32.6 Å². The number of methoxy groups -OCH3 is 2. The van der Waals surface area contributed by atoms with Crippen LogP contribution in [0.3, 0.4) is 0 Å². The number of hydrogen-bond acceptors (Lipinski definition) is 7. The van der Waals surface area contributed by atoms with Gasteiger partial charge in [0.2, 0.25) is 5.92 Å². The molecule has 0 radical (unpaired) electrons. The van der Waals surface area contributed by atoms with Gasteiger partial charge in [-0.2, -0.15) is 0 Å². The zero-order valence-corrected chi connectivity index (χ0v) is 27.0. The molecule has 3 fully saturated rings. The number of alkyl halides is 2. The summed E-state index contributed by atoms with van der Waals surface area (Å²) in [7, 11) is 3.01. The number of carbonyl (C=O) groups excluding carboxylic acids is 2. The molecule has 45 heavy (non-hydrogen) atoms. The van der Waals surface area contributed by atoms with Gasteiger partial charge < -0.3 is 19.1 Å². The van der Waals surface area contributed by atoms with Crippen LogP contribution in [-0.2, 0) is 16.0 Å². The van der Waals surface area contributed by atoms with Gasteiger partial charge in [0.25, 0.3) is 0 Å². The van der Waals surface area contributed by atoms with E-state index in [9.17, 15) is 18.4 Å². The first-order valence-electron chi connectivity index (χ1n) is 15.7. The molecule has 2 saturated heterocycles. The van der Waals surface area contributed by atoms with Crippen LogP contribution in [0.2, 0.25) is 0 Å². The number of esters is 1. The average Bonchev–Trinajstić information content (AvgIpc) is 3.38. The van der Waals surface area contributed by atoms with Crippen LogP contribution in [0, 0.1) is 12.3 Å². The Balaban J connectivity index is 1.42. The fourth-order valence-corrected chi connectivity index (χ4v) is 7.52. The summed E-state index contributed by atoms with van der Waals surface area (Å²) in [4.78, 5) is 30.3. The van der Waals surface area contributed by atoms with Crippen LogP contribution in [-0.4, -0.2) is 66.9 Å². The van der Waals surface area contributed by atoms with Crippen LogP contribution >= 0.6 is 0 Å². The number of nitrogens with zero attached hydrogens (tertiary/aromatic N) is 3. The molecule has 3 aliphatic rings. The number of carbonyl (C=O) groups is 2. The van der Waals surface area contributed by atoms with E-state index in [4.69, 9.17) is 14.2 Å². The average molecular weight is 624 g/mol. The maximum Gasteiger partial charge on any atom is 0.419 e. The van der Waals surface area contributed by atoms with Crippen LogP contribution in [0.1, 0.15) is 86.0 Å². The summed E-state index contributed by atoms with van der Waals surface area (Å²) in [5, 5.41) is 0.885. The quantitative estimate of drug-likeness (QED) is 0.264. The lowest BCUT2D eigenvalue weighted by Gasteiger charge is -2.55. The second kappa shape index (κ2) is 11.3. The number of rotatable bonds is 6. The van der Waals surface area contributed by atoms with Gasteiger partial charge >= 0.3 is 12.1 Å². The fourth-order valence-electron chi connectivity index (χ4n) is 7.52. The number of aryl methyl sites for hydroxylation is 1. The van der Waals surface area contributed by atoms with Crippen molar-refractivity contribution in [1.82, 2.24) is 9.47 Å². The van der Waals surface area contributed by atoms with Crippen molar-refractivity contribution in [1.29, 1.82) is 0 Å². The third kappa shape index (κ3) is 5.89. The van der Waals surface area contributed by atoms with E-state index >= 15 is 0 Å². The van der Waals surface area contributed by atoms with Crippen molar-refractivity contribution in [3.63, 3.8) is 0 Å². The minimum atomic E-state index is -2.63. The highest BCUT2D eigenvalue weighted by Gasteiger charge is 2.58. The molecule has 2 aliphatic heterocycles. The molecule has 0 unspecified atom stereocenters. The number of likely N-dealkylation sites (tertiary alicyclic amines) is 1. The standard InChI is InChI=1S/C35H43F2N3O5/c1-22-16-29(43-5)26(24-10-14-40(30(22)24)32(42)45-33(2,3)4)19-39-15-11-34(20-35(36,37)21-34)18-28(39)25-9-8-23(31(41)44-6)17-27(25)38-12-7-13-38/h8-10,14,16-17,28H,7,11-13,15,18-21H2,1-6H3/t28-/m0/s1. The summed E-state index contributed by atoms with van der Waals surface area (Å²) in [5.74, 6) is -2.32. The number of anilines is 1. The van der Waals surface area contributed by atoms with Crippen LogP contribution in [0.4, 0.5) is 19.3 Å². The first-order valence-corrected chi connectivity index (χ1v) is 15.7. The molecule has 0 amide bonds. The summed E-state index contributed by atoms with van der Waals surface area (Å²) in [6.07, 6.45) is 3.42. The molecule has 1 saturated carbocycles. The van der Waals surface area contributed by atoms with E-state index in [0.29, 0.717) is 37.2 Å². The zero-order valence-electron chi connectivity index (χ0n) is 27.0. The molecule has 0 N–H and O–H groups in total. The summed E-state index contributed by atoms with van der Waals surface area (Å²) in [6, 6.07) is 9.36. The lowest BCUT2D eigenvalue weighted by molar-refractivity contribution is -0.186. The van der Waals surface area contributed by atoms with Crippen LogP contribution < -0.4 is 9.64 Å². The van der Waals surface area contributed by atoms with Gasteiger partial charge in [-0.05, 0) is 94.3 Å². The van der Waals surface area contributed by atoms with Gasteiger partial charge in [0.05, 0.1) is 25.3 Å². The van der Waals surface area contributed by atoms with Gasteiger partial charge in [0.15, 0.2) is 0 Å². The van der Waals surface area contributed by atoms with E-state index < -0.39 is 29.0 Å². The molecule has 8 nitrogen and oxygen atoms in total. The number of benzene rings is 2. The first-order chi connectivity index (χ1) is 21.2. The Labute approximate surface area is 263 Å². The predicted molar refractivity (Wildman–Crippen MR) is 168 cm³/mol. The molecular weight excluding hydrogens is 580 g/mol. The third-order valence-corrected chi connectivity index (χ3v) is 9.67. The second-order valence-corrected chi connectivity index (χ2v) is 14.1. The Kier molecular flexibility index (Phi) is 7.86. The zero-order chi connectivity index (χ0) is 32.3. The Morgan fingerprint density at radius 3 is 2.38 bits per heavy atom. The number of piperidine rings is 1. The van der Waals surface area contributed by atoms with Crippen LogP contribution in [0.5, 0.6) is 5.75 Å². The summed E-state index contributed by atoms with van der Waals surface area (Å²) in [5.41, 5.74) is 3.95. The van der Waals surface area contributed by atoms with Crippen LogP contribution in [0.15, 0.2) is 36.5 Å². The maximum atomic E-state index is 14.3. The molecule has 6 rings (SSSR count). The molecule has 1 aromatic heterocycles. The highest BCUT2D eigenvalue weighted by atomic mass is 19.3. The second-order valence-electron chi connectivity index (χ2n) is 14.1. The van der Waals surface area contributed by atoms with Crippen molar-refractivity contribution in [2.24, 2.45) is 5.41 Å². The van der Waals surface area contributed by atoms with Crippen molar-refractivity contribution in [2.45, 2.75) is 83.9 Å². The SMILES string of the molecule is COC(=O)c1ccc([C@@H]2CC3(CCN2Cc2c(OC)cc(C)c4c2ccn4C(=O)OC(C)(C)C)CC(F)(F)C3)c(N2CCC2)c1. The van der Waals surface area contributed by atoms with Crippen molar-refractivity contribution >= 4 is 28.7 Å². The molecule has 1 aliphatic carbocycles. The molecule has 242 valence electrons. The number of ether oxygens (including phenoxy) is 3. The molecule has 10 heteroatoms. The van der Waals surface area contributed by atoms with Crippen molar-refractivity contribution in [3.8, 4) is 5.75 Å². The first kappa shape index (κ1) is 31.3.